The summed E-state index contributed by atoms with van der Waals surface area (Å²) in [6.45, 7) is 4.50. The van der Waals surface area contributed by atoms with Crippen LogP contribution < -0.4 is 5.73 Å². The maximum atomic E-state index is 5.94. The molecule has 0 radical (unpaired) electrons. The van der Waals surface area contributed by atoms with E-state index < -0.39 is 0 Å². The van der Waals surface area contributed by atoms with Crippen LogP contribution in [0.5, 0.6) is 0 Å². The molecule has 0 atom stereocenters. The van der Waals surface area contributed by atoms with Gasteiger partial charge >= 0.3 is 0 Å². The zero-order chi connectivity index (χ0) is 12.3. The van der Waals surface area contributed by atoms with Crippen molar-refractivity contribution in [2.24, 2.45) is 5.92 Å². The number of pyridine rings is 1. The standard InChI is InChI=1S/C15H24N2/c1-11(2)9-14-13-8-6-4-3-5-7-12(13)10-15(16)17-14/h10-11H,3-9H2,1-2H3,(H2,16,17). The topological polar surface area (TPSA) is 38.9 Å². The highest BCUT2D eigenvalue weighted by molar-refractivity contribution is 5.42. The summed E-state index contributed by atoms with van der Waals surface area (Å²) in [5.74, 6) is 1.36. The van der Waals surface area contributed by atoms with Crippen LogP contribution in [0.2, 0.25) is 0 Å². The number of rotatable bonds is 2. The second-order valence-corrected chi connectivity index (χ2v) is 5.64. The summed E-state index contributed by atoms with van der Waals surface area (Å²) in [6, 6.07) is 2.10. The molecule has 0 spiro atoms. The highest BCUT2D eigenvalue weighted by Gasteiger charge is 2.14. The van der Waals surface area contributed by atoms with Crippen molar-refractivity contribution in [3.8, 4) is 0 Å². The van der Waals surface area contributed by atoms with Gasteiger partial charge in [0, 0.05) is 5.69 Å². The predicted octanol–water partition coefficient (Wildman–Crippen LogP) is 3.52. The van der Waals surface area contributed by atoms with Crippen LogP contribution in [0.4, 0.5) is 5.82 Å². The number of hydrogen-bond acceptors (Lipinski definition) is 2. The highest BCUT2D eigenvalue weighted by atomic mass is 14.8. The molecule has 2 heteroatoms. The van der Waals surface area contributed by atoms with Gasteiger partial charge in [0.25, 0.3) is 0 Å². The number of hydrogen-bond donors (Lipinski definition) is 1. The van der Waals surface area contributed by atoms with Crippen LogP contribution >= 0.6 is 0 Å². The third kappa shape index (κ3) is 3.21. The Morgan fingerprint density at radius 3 is 2.59 bits per heavy atom. The summed E-state index contributed by atoms with van der Waals surface area (Å²) in [5.41, 5.74) is 10.2. The Bertz CT molecular complexity index is 383. The van der Waals surface area contributed by atoms with E-state index in [0.717, 1.165) is 6.42 Å². The van der Waals surface area contributed by atoms with Crippen molar-refractivity contribution in [1.82, 2.24) is 4.98 Å². The lowest BCUT2D eigenvalue weighted by molar-refractivity contribution is 0.594. The summed E-state index contributed by atoms with van der Waals surface area (Å²) in [5, 5.41) is 0. The van der Waals surface area contributed by atoms with Gasteiger partial charge in [-0.2, -0.15) is 0 Å². The summed E-state index contributed by atoms with van der Waals surface area (Å²) >= 11 is 0. The molecule has 1 aliphatic rings. The third-order valence-corrected chi connectivity index (χ3v) is 3.55. The molecule has 0 unspecified atom stereocenters. The first-order valence-corrected chi connectivity index (χ1v) is 6.94. The van der Waals surface area contributed by atoms with Crippen molar-refractivity contribution in [3.63, 3.8) is 0 Å². The maximum Gasteiger partial charge on any atom is 0.123 e. The van der Waals surface area contributed by atoms with Gasteiger partial charge in [0.15, 0.2) is 0 Å². The van der Waals surface area contributed by atoms with Gasteiger partial charge in [-0.15, -0.1) is 0 Å². The van der Waals surface area contributed by atoms with E-state index in [1.54, 1.807) is 0 Å². The molecule has 17 heavy (non-hydrogen) atoms. The highest BCUT2D eigenvalue weighted by Crippen LogP contribution is 2.25. The van der Waals surface area contributed by atoms with E-state index in [4.69, 9.17) is 5.73 Å². The zero-order valence-corrected chi connectivity index (χ0v) is 11.1. The number of aryl methyl sites for hydroxylation is 1. The number of anilines is 1. The molecule has 0 saturated heterocycles. The van der Waals surface area contributed by atoms with E-state index in [-0.39, 0.29) is 0 Å². The molecule has 94 valence electrons. The monoisotopic (exact) mass is 232 g/mol. The summed E-state index contributed by atoms with van der Waals surface area (Å²) < 4.78 is 0. The lowest BCUT2D eigenvalue weighted by Gasteiger charge is -2.18. The van der Waals surface area contributed by atoms with Gasteiger partial charge in [0.1, 0.15) is 5.82 Å². The van der Waals surface area contributed by atoms with Crippen molar-refractivity contribution < 1.29 is 0 Å². The van der Waals surface area contributed by atoms with Crippen molar-refractivity contribution in [2.45, 2.75) is 58.8 Å². The molecule has 0 bridgehead atoms. The summed E-state index contributed by atoms with van der Waals surface area (Å²) in [4.78, 5) is 4.58. The first-order chi connectivity index (χ1) is 8.16. The van der Waals surface area contributed by atoms with Crippen LogP contribution in [0.15, 0.2) is 6.07 Å². The van der Waals surface area contributed by atoms with Gasteiger partial charge in [-0.1, -0.05) is 26.7 Å². The molecule has 2 rings (SSSR count). The van der Waals surface area contributed by atoms with Crippen LogP contribution in [0.25, 0.3) is 0 Å². The zero-order valence-electron chi connectivity index (χ0n) is 11.1. The molecule has 1 heterocycles. The van der Waals surface area contributed by atoms with E-state index >= 15 is 0 Å². The molecule has 1 aromatic rings. The molecule has 2 N–H and O–H groups in total. The molecule has 0 fully saturated rings. The van der Waals surface area contributed by atoms with Crippen molar-refractivity contribution in [1.29, 1.82) is 0 Å². The van der Waals surface area contributed by atoms with Crippen LogP contribution in [-0.2, 0) is 19.3 Å². The molecule has 0 amide bonds. The molecular formula is C15H24N2. The SMILES string of the molecule is CC(C)Cc1nc(N)cc2c1CCCCCC2. The van der Waals surface area contributed by atoms with E-state index in [1.165, 1.54) is 55.3 Å². The van der Waals surface area contributed by atoms with Gasteiger partial charge in [0.05, 0.1) is 0 Å². The smallest absolute Gasteiger partial charge is 0.123 e. The average molecular weight is 232 g/mol. The van der Waals surface area contributed by atoms with Gasteiger partial charge < -0.3 is 5.73 Å². The molecule has 1 aliphatic carbocycles. The molecule has 0 aliphatic heterocycles. The minimum Gasteiger partial charge on any atom is -0.384 e. The fourth-order valence-corrected chi connectivity index (χ4v) is 2.76. The van der Waals surface area contributed by atoms with Gasteiger partial charge in [-0.25, -0.2) is 4.98 Å². The Labute approximate surface area is 105 Å². The minimum atomic E-state index is 0.652. The van der Waals surface area contributed by atoms with Gasteiger partial charge in [-0.3, -0.25) is 0 Å². The van der Waals surface area contributed by atoms with Crippen molar-refractivity contribution in [3.05, 3.63) is 22.9 Å². The number of nitrogen functional groups attached to an aromatic ring is 1. The number of nitrogens with two attached hydrogens (primary N) is 1. The second kappa shape index (κ2) is 5.52. The molecule has 1 aromatic heterocycles. The average Bonchev–Trinajstić information content (AvgIpc) is 2.19. The van der Waals surface area contributed by atoms with Gasteiger partial charge in [0.2, 0.25) is 0 Å². The van der Waals surface area contributed by atoms with Crippen molar-refractivity contribution >= 4 is 5.82 Å². The Morgan fingerprint density at radius 2 is 1.88 bits per heavy atom. The Hall–Kier alpha value is -1.05. The predicted molar refractivity (Wildman–Crippen MR) is 73.1 cm³/mol. The number of aromatic nitrogens is 1. The number of fused-ring (bicyclic) bond motifs is 1. The lowest BCUT2D eigenvalue weighted by atomic mass is 9.90. The fourth-order valence-electron chi connectivity index (χ4n) is 2.76. The lowest BCUT2D eigenvalue weighted by Crippen LogP contribution is -2.10. The fraction of sp³-hybridized carbons (Fsp3) is 0.667. The summed E-state index contributed by atoms with van der Waals surface area (Å²) in [6.07, 6.45) is 8.79. The Morgan fingerprint density at radius 1 is 1.18 bits per heavy atom. The maximum absolute atomic E-state index is 5.94. The Balaban J connectivity index is 2.36. The molecule has 2 nitrogen and oxygen atoms in total. The first-order valence-electron chi connectivity index (χ1n) is 6.94. The van der Waals surface area contributed by atoms with Crippen LogP contribution in [0.3, 0.4) is 0 Å². The van der Waals surface area contributed by atoms with E-state index in [2.05, 4.69) is 24.9 Å². The molecular weight excluding hydrogens is 208 g/mol. The van der Waals surface area contributed by atoms with E-state index in [1.807, 2.05) is 0 Å². The van der Waals surface area contributed by atoms with Crippen LogP contribution in [0, 0.1) is 5.92 Å². The molecule has 0 saturated carbocycles. The van der Waals surface area contributed by atoms with Gasteiger partial charge in [-0.05, 0) is 55.2 Å². The first kappa shape index (κ1) is 12.4. The van der Waals surface area contributed by atoms with Crippen LogP contribution in [-0.4, -0.2) is 4.98 Å². The van der Waals surface area contributed by atoms with E-state index in [0.29, 0.717) is 11.7 Å². The third-order valence-electron chi connectivity index (χ3n) is 3.55. The summed E-state index contributed by atoms with van der Waals surface area (Å²) in [7, 11) is 0. The van der Waals surface area contributed by atoms with Crippen LogP contribution in [0.1, 0.15) is 56.4 Å². The quantitative estimate of drug-likeness (QED) is 0.847. The second-order valence-electron chi connectivity index (χ2n) is 5.64. The Kier molecular flexibility index (Phi) is 4.03. The van der Waals surface area contributed by atoms with E-state index in [9.17, 15) is 0 Å². The molecule has 0 aromatic carbocycles. The largest absolute Gasteiger partial charge is 0.384 e. The van der Waals surface area contributed by atoms with Crippen molar-refractivity contribution in [2.75, 3.05) is 5.73 Å². The minimum absolute atomic E-state index is 0.652. The normalized spacial score (nSPS) is 16.4. The number of nitrogens with zero attached hydrogens (tertiary/aromatic N) is 1.